The molecule has 0 saturated heterocycles. The van der Waals surface area contributed by atoms with Gasteiger partial charge in [-0.3, -0.25) is 4.57 Å². The summed E-state index contributed by atoms with van der Waals surface area (Å²) in [6.07, 6.45) is 0.670. The number of hydrogen-bond acceptors (Lipinski definition) is 3. The van der Waals surface area contributed by atoms with Crippen LogP contribution in [0.2, 0.25) is 0 Å². The second-order valence-electron chi connectivity index (χ2n) is 2.40. The van der Waals surface area contributed by atoms with Crippen LogP contribution in [-0.2, 0) is 13.5 Å². The maximum Gasteiger partial charge on any atom is 0.396 e. The lowest BCUT2D eigenvalue weighted by molar-refractivity contribution is -0.390. The van der Waals surface area contributed by atoms with E-state index in [9.17, 15) is 10.1 Å². The van der Waals surface area contributed by atoms with Crippen LogP contribution in [0.5, 0.6) is 0 Å². The van der Waals surface area contributed by atoms with Crippen molar-refractivity contribution in [3.63, 3.8) is 0 Å². The van der Waals surface area contributed by atoms with E-state index in [1.54, 1.807) is 11.6 Å². The topological polar surface area (TPSA) is 61.0 Å². The molecule has 0 saturated carbocycles. The van der Waals surface area contributed by atoms with Crippen LogP contribution in [0.4, 0.5) is 5.82 Å². The number of alkyl halides is 1. The zero-order valence-corrected chi connectivity index (χ0v) is 10.0. The molecule has 0 aliphatic carbocycles. The van der Waals surface area contributed by atoms with E-state index in [0.717, 1.165) is 5.33 Å². The van der Waals surface area contributed by atoms with Crippen LogP contribution in [0.15, 0.2) is 4.60 Å². The minimum Gasteiger partial charge on any atom is -0.358 e. The minimum atomic E-state index is -0.498. The van der Waals surface area contributed by atoms with Gasteiger partial charge in [0.1, 0.15) is 0 Å². The molecule has 1 aromatic rings. The molecule has 1 rings (SSSR count). The van der Waals surface area contributed by atoms with Crippen molar-refractivity contribution in [1.29, 1.82) is 0 Å². The highest BCUT2D eigenvalue weighted by Crippen LogP contribution is 2.24. The number of rotatable bonds is 3. The molecule has 0 fully saturated rings. The summed E-state index contributed by atoms with van der Waals surface area (Å²) < 4.78 is 2.08. The second kappa shape index (κ2) is 4.19. The van der Waals surface area contributed by atoms with Crippen LogP contribution < -0.4 is 0 Å². The molecule has 0 unspecified atom stereocenters. The predicted molar refractivity (Wildman–Crippen MR) is 55.1 cm³/mol. The van der Waals surface area contributed by atoms with E-state index in [1.165, 1.54) is 0 Å². The molecule has 5 nitrogen and oxygen atoms in total. The Bertz CT molecular complexity index is 337. The number of hydrogen-bond donors (Lipinski definition) is 0. The molecule has 7 heteroatoms. The average molecular weight is 313 g/mol. The number of halogens is 2. The van der Waals surface area contributed by atoms with Crippen molar-refractivity contribution in [2.75, 3.05) is 5.33 Å². The third-order valence-corrected chi connectivity index (χ3v) is 2.88. The number of nitro groups is 1. The van der Waals surface area contributed by atoms with Gasteiger partial charge in [-0.05, 0) is 25.8 Å². The highest BCUT2D eigenvalue weighted by atomic mass is 79.9. The summed E-state index contributed by atoms with van der Waals surface area (Å²) in [5.74, 6) is 0.564. The maximum absolute atomic E-state index is 10.5. The second-order valence-corrected chi connectivity index (χ2v) is 3.94. The Labute approximate surface area is 91.6 Å². The van der Waals surface area contributed by atoms with Gasteiger partial charge >= 0.3 is 5.82 Å². The first-order valence-corrected chi connectivity index (χ1v) is 5.40. The van der Waals surface area contributed by atoms with Crippen LogP contribution in [0.3, 0.4) is 0 Å². The number of imidazole rings is 1. The minimum absolute atomic E-state index is 0.126. The molecule has 1 aromatic heterocycles. The Morgan fingerprint density at radius 3 is 2.69 bits per heavy atom. The summed E-state index contributed by atoms with van der Waals surface area (Å²) in [6, 6.07) is 0. The molecule has 72 valence electrons. The molecule has 0 aliphatic heterocycles. The molecule has 13 heavy (non-hydrogen) atoms. The third-order valence-electron chi connectivity index (χ3n) is 1.59. The van der Waals surface area contributed by atoms with Gasteiger partial charge < -0.3 is 10.1 Å². The third kappa shape index (κ3) is 2.08. The van der Waals surface area contributed by atoms with E-state index in [-0.39, 0.29) is 5.82 Å². The fraction of sp³-hybridized carbons (Fsp3) is 0.500. The largest absolute Gasteiger partial charge is 0.396 e. The lowest BCUT2D eigenvalue weighted by atomic mass is 10.5. The predicted octanol–water partition coefficient (Wildman–Crippen LogP) is 2.03. The van der Waals surface area contributed by atoms with Gasteiger partial charge in [0, 0.05) is 18.8 Å². The van der Waals surface area contributed by atoms with Gasteiger partial charge in [-0.1, -0.05) is 15.9 Å². The van der Waals surface area contributed by atoms with Crippen molar-refractivity contribution in [2.24, 2.45) is 7.05 Å². The molecule has 0 N–H and O–H groups in total. The highest BCUT2D eigenvalue weighted by Gasteiger charge is 2.22. The molecular weight excluding hydrogens is 306 g/mol. The van der Waals surface area contributed by atoms with Crippen LogP contribution in [0.25, 0.3) is 0 Å². The van der Waals surface area contributed by atoms with Gasteiger partial charge in [-0.15, -0.1) is 0 Å². The molecule has 0 bridgehead atoms. The zero-order chi connectivity index (χ0) is 10.0. The molecule has 0 amide bonds. The van der Waals surface area contributed by atoms with E-state index < -0.39 is 4.92 Å². The van der Waals surface area contributed by atoms with E-state index in [4.69, 9.17) is 0 Å². The first kappa shape index (κ1) is 10.6. The first-order valence-electron chi connectivity index (χ1n) is 3.49. The lowest BCUT2D eigenvalue weighted by Gasteiger charge is -1.93. The summed E-state index contributed by atoms with van der Waals surface area (Å²) in [4.78, 5) is 13.9. The van der Waals surface area contributed by atoms with Gasteiger partial charge in [0.2, 0.25) is 5.82 Å². The van der Waals surface area contributed by atoms with Crippen LogP contribution in [-0.4, -0.2) is 19.8 Å². The molecule has 0 aliphatic rings. The zero-order valence-electron chi connectivity index (χ0n) is 6.83. The summed E-state index contributed by atoms with van der Waals surface area (Å²) in [7, 11) is 1.74. The molecule has 0 atom stereocenters. The number of nitrogens with zero attached hydrogens (tertiary/aromatic N) is 3. The fourth-order valence-electron chi connectivity index (χ4n) is 0.931. The first-order chi connectivity index (χ1) is 6.07. The van der Waals surface area contributed by atoms with Crippen molar-refractivity contribution < 1.29 is 4.92 Å². The van der Waals surface area contributed by atoms with Crippen molar-refractivity contribution in [3.8, 4) is 0 Å². The Morgan fingerprint density at radius 1 is 1.69 bits per heavy atom. The quantitative estimate of drug-likeness (QED) is 0.487. The highest BCUT2D eigenvalue weighted by molar-refractivity contribution is 9.10. The van der Waals surface area contributed by atoms with Crippen molar-refractivity contribution in [3.05, 3.63) is 20.5 Å². The standard InChI is InChI=1S/C6H7Br2N3O2/c1-10-4(2-3-7)9-6(5(10)8)11(12)13/h2-3H2,1H3. The van der Waals surface area contributed by atoms with Crippen molar-refractivity contribution >= 4 is 37.7 Å². The molecule has 1 heterocycles. The summed E-state index contributed by atoms with van der Waals surface area (Å²) in [5.41, 5.74) is 0. The van der Waals surface area contributed by atoms with Crippen LogP contribution in [0, 0.1) is 10.1 Å². The Morgan fingerprint density at radius 2 is 2.31 bits per heavy atom. The smallest absolute Gasteiger partial charge is 0.358 e. The van der Waals surface area contributed by atoms with Crippen molar-refractivity contribution in [1.82, 2.24) is 9.55 Å². The maximum atomic E-state index is 10.5. The molecule has 0 radical (unpaired) electrons. The molecular formula is C6H7Br2N3O2. The van der Waals surface area contributed by atoms with E-state index in [0.29, 0.717) is 16.8 Å². The van der Waals surface area contributed by atoms with E-state index in [1.807, 2.05) is 0 Å². The Hall–Kier alpha value is -0.430. The van der Waals surface area contributed by atoms with Gasteiger partial charge in [0.15, 0.2) is 4.60 Å². The fourth-order valence-corrected chi connectivity index (χ4v) is 1.72. The summed E-state index contributed by atoms with van der Waals surface area (Å²) in [6.45, 7) is 0. The Kier molecular flexibility index (Phi) is 3.43. The van der Waals surface area contributed by atoms with Crippen LogP contribution in [0.1, 0.15) is 5.82 Å². The van der Waals surface area contributed by atoms with Crippen LogP contribution >= 0.6 is 31.9 Å². The normalized spacial score (nSPS) is 10.4. The summed E-state index contributed by atoms with van der Waals surface area (Å²) in [5, 5.41) is 11.2. The molecule has 0 spiro atoms. The lowest BCUT2D eigenvalue weighted by Crippen LogP contribution is -1.98. The number of aryl methyl sites for hydroxylation is 1. The van der Waals surface area contributed by atoms with Gasteiger partial charge in [-0.2, -0.15) is 0 Å². The number of aromatic nitrogens is 2. The van der Waals surface area contributed by atoms with Crippen molar-refractivity contribution in [2.45, 2.75) is 6.42 Å². The Balaban J connectivity index is 3.12. The SMILES string of the molecule is Cn1c(CCBr)nc([N+](=O)[O-])c1Br. The van der Waals surface area contributed by atoms with Gasteiger partial charge in [0.05, 0.1) is 0 Å². The van der Waals surface area contributed by atoms with Gasteiger partial charge in [0.25, 0.3) is 0 Å². The average Bonchev–Trinajstić information content (AvgIpc) is 2.33. The van der Waals surface area contributed by atoms with E-state index in [2.05, 4.69) is 36.8 Å². The van der Waals surface area contributed by atoms with Gasteiger partial charge in [-0.25, -0.2) is 0 Å². The molecule has 0 aromatic carbocycles. The van der Waals surface area contributed by atoms with E-state index >= 15 is 0 Å². The monoisotopic (exact) mass is 311 g/mol. The summed E-state index contributed by atoms with van der Waals surface area (Å²) >= 11 is 6.37.